The average Bonchev–Trinajstić information content (AvgIpc) is 2.98. The third kappa shape index (κ3) is 3.98. The molecule has 0 aromatic carbocycles. The summed E-state index contributed by atoms with van der Waals surface area (Å²) in [6, 6.07) is 1.70. The van der Waals surface area contributed by atoms with Crippen molar-refractivity contribution in [1.29, 1.82) is 0 Å². The summed E-state index contributed by atoms with van der Waals surface area (Å²) in [6.45, 7) is 3.68. The quantitative estimate of drug-likeness (QED) is 0.827. The number of pyridine rings is 1. The van der Waals surface area contributed by atoms with Gasteiger partial charge in [0.1, 0.15) is 13.2 Å². The van der Waals surface area contributed by atoms with Crippen LogP contribution in [-0.4, -0.2) is 27.8 Å². The summed E-state index contributed by atoms with van der Waals surface area (Å²) >= 11 is 6.09. The van der Waals surface area contributed by atoms with E-state index in [-0.39, 0.29) is 25.0 Å². The van der Waals surface area contributed by atoms with Crippen molar-refractivity contribution in [2.75, 3.05) is 6.54 Å². The van der Waals surface area contributed by atoms with Crippen LogP contribution in [0.4, 0.5) is 0 Å². The van der Waals surface area contributed by atoms with Crippen molar-refractivity contribution in [3.8, 4) is 0 Å². The summed E-state index contributed by atoms with van der Waals surface area (Å²) in [6.07, 6.45) is 5.92. The molecule has 7 heteroatoms. The summed E-state index contributed by atoms with van der Waals surface area (Å²) < 4.78 is 6.89. The summed E-state index contributed by atoms with van der Waals surface area (Å²) in [5.41, 5.74) is 1.40. The Bertz CT molecular complexity index is 684. The summed E-state index contributed by atoms with van der Waals surface area (Å²) in [5, 5.41) is 3.04. The van der Waals surface area contributed by atoms with Gasteiger partial charge in [0.05, 0.1) is 5.02 Å². The number of halogens is 1. The molecule has 0 spiro atoms. The lowest BCUT2D eigenvalue weighted by Gasteiger charge is -2.10. The van der Waals surface area contributed by atoms with Crippen LogP contribution >= 0.6 is 11.6 Å². The van der Waals surface area contributed by atoms with E-state index < -0.39 is 5.97 Å². The summed E-state index contributed by atoms with van der Waals surface area (Å²) in [7, 11) is 0. The number of esters is 1. The number of nitrogens with zero attached hydrogens (tertiary/aromatic N) is 2. The lowest BCUT2D eigenvalue weighted by molar-refractivity contribution is -0.145. The van der Waals surface area contributed by atoms with Crippen LogP contribution in [0.1, 0.15) is 25.8 Å². The maximum Gasteiger partial charge on any atom is 0.325 e. The Morgan fingerprint density at radius 3 is 3.00 bits per heavy atom. The van der Waals surface area contributed by atoms with E-state index in [2.05, 4.69) is 10.3 Å². The van der Waals surface area contributed by atoms with Gasteiger partial charge in [0.25, 0.3) is 0 Å². The van der Waals surface area contributed by atoms with Gasteiger partial charge >= 0.3 is 5.97 Å². The van der Waals surface area contributed by atoms with Crippen LogP contribution in [-0.2, 0) is 20.9 Å². The molecule has 0 bridgehead atoms. The average molecular weight is 324 g/mol. The monoisotopic (exact) mass is 323 g/mol. The number of ether oxygens (including phenoxy) is 1. The number of fused-ring (bicyclic) bond motifs is 1. The van der Waals surface area contributed by atoms with E-state index in [1.165, 1.54) is 0 Å². The number of carbonyl (C=O) groups excluding carboxylic acids is 2. The van der Waals surface area contributed by atoms with Crippen LogP contribution in [0.2, 0.25) is 5.02 Å². The van der Waals surface area contributed by atoms with Gasteiger partial charge in [-0.2, -0.15) is 0 Å². The molecule has 0 aliphatic carbocycles. The topological polar surface area (TPSA) is 72.7 Å². The number of amides is 1. The number of nitrogens with one attached hydrogen (secondary N) is 1. The Morgan fingerprint density at radius 1 is 1.50 bits per heavy atom. The number of carbonyl (C=O) groups is 2. The Balaban J connectivity index is 1.86. The van der Waals surface area contributed by atoms with Crippen molar-refractivity contribution in [2.24, 2.45) is 5.92 Å². The normalized spacial score (nSPS) is 12.1. The van der Waals surface area contributed by atoms with Crippen LogP contribution in [0, 0.1) is 5.92 Å². The predicted octanol–water partition coefficient (Wildman–Crippen LogP) is 2.19. The number of rotatable bonds is 6. The van der Waals surface area contributed by atoms with Gasteiger partial charge in [-0.05, 0) is 12.5 Å². The molecule has 6 nitrogen and oxygen atoms in total. The maximum atomic E-state index is 11.6. The molecule has 0 aliphatic rings. The van der Waals surface area contributed by atoms with E-state index in [0.717, 1.165) is 12.0 Å². The second kappa shape index (κ2) is 7.26. The highest BCUT2D eigenvalue weighted by Gasteiger charge is 2.12. The minimum Gasteiger partial charge on any atom is -0.459 e. The second-order valence-corrected chi connectivity index (χ2v) is 5.45. The fraction of sp³-hybridized carbons (Fsp3) is 0.400. The van der Waals surface area contributed by atoms with Crippen molar-refractivity contribution in [2.45, 2.75) is 26.9 Å². The van der Waals surface area contributed by atoms with Crippen molar-refractivity contribution in [1.82, 2.24) is 14.7 Å². The zero-order valence-electron chi connectivity index (χ0n) is 12.5. The van der Waals surface area contributed by atoms with E-state index in [1.54, 1.807) is 29.1 Å². The van der Waals surface area contributed by atoms with Gasteiger partial charge in [-0.1, -0.05) is 25.4 Å². The van der Waals surface area contributed by atoms with Crippen molar-refractivity contribution < 1.29 is 14.3 Å². The highest BCUT2D eigenvalue weighted by atomic mass is 35.5. The molecule has 1 amide bonds. The Morgan fingerprint density at radius 2 is 2.27 bits per heavy atom. The third-order valence-corrected chi connectivity index (χ3v) is 3.64. The molecule has 22 heavy (non-hydrogen) atoms. The smallest absolute Gasteiger partial charge is 0.325 e. The number of imidazole rings is 1. The first-order valence-electron chi connectivity index (χ1n) is 7.05. The van der Waals surface area contributed by atoms with Crippen molar-refractivity contribution >= 4 is 29.1 Å². The zero-order valence-corrected chi connectivity index (χ0v) is 13.3. The minimum absolute atomic E-state index is 0.0892. The Hall–Kier alpha value is -2.08. The number of aromatic nitrogens is 2. The largest absolute Gasteiger partial charge is 0.459 e. The summed E-state index contributed by atoms with van der Waals surface area (Å²) in [4.78, 5) is 27.3. The van der Waals surface area contributed by atoms with Crippen LogP contribution in [0.5, 0.6) is 0 Å². The van der Waals surface area contributed by atoms with Gasteiger partial charge in [0, 0.05) is 30.1 Å². The first-order chi connectivity index (χ1) is 10.5. The second-order valence-electron chi connectivity index (χ2n) is 5.04. The molecule has 1 atom stereocenters. The van der Waals surface area contributed by atoms with Gasteiger partial charge in [-0.15, -0.1) is 0 Å². The molecular formula is C15H18ClN3O3. The van der Waals surface area contributed by atoms with Crippen LogP contribution in [0.15, 0.2) is 24.7 Å². The van der Waals surface area contributed by atoms with Crippen molar-refractivity contribution in [3.63, 3.8) is 0 Å². The van der Waals surface area contributed by atoms with Gasteiger partial charge in [0.2, 0.25) is 5.91 Å². The number of hydrogen-bond donors (Lipinski definition) is 1. The van der Waals surface area contributed by atoms with E-state index in [9.17, 15) is 9.59 Å². The molecule has 0 saturated heterocycles. The molecule has 0 fully saturated rings. The number of hydrogen-bond acceptors (Lipinski definition) is 4. The molecule has 0 unspecified atom stereocenters. The molecule has 0 aliphatic heterocycles. The fourth-order valence-electron chi connectivity index (χ4n) is 1.86. The Labute approximate surface area is 133 Å². The molecule has 118 valence electrons. The van der Waals surface area contributed by atoms with Crippen molar-refractivity contribution in [3.05, 3.63) is 35.2 Å². The van der Waals surface area contributed by atoms with E-state index in [4.69, 9.17) is 16.3 Å². The Kier molecular flexibility index (Phi) is 5.38. The predicted molar refractivity (Wildman–Crippen MR) is 82.5 cm³/mol. The molecular weight excluding hydrogens is 306 g/mol. The first-order valence-corrected chi connectivity index (χ1v) is 7.43. The standard InChI is InChI=1S/C15H18ClN3O3/c1-3-10(2)15(21)18-7-13(20)22-9-11-6-12(16)14-17-4-5-19(14)8-11/h4-6,8,10H,3,7,9H2,1-2H3,(H,18,21)/t10-/m0/s1. The van der Waals surface area contributed by atoms with E-state index in [1.807, 2.05) is 13.8 Å². The zero-order chi connectivity index (χ0) is 16.1. The molecule has 2 rings (SSSR count). The molecule has 1 N–H and O–H groups in total. The van der Waals surface area contributed by atoms with Gasteiger partial charge in [-0.3, -0.25) is 9.59 Å². The maximum absolute atomic E-state index is 11.6. The molecule has 2 heterocycles. The highest BCUT2D eigenvalue weighted by Crippen LogP contribution is 2.18. The van der Waals surface area contributed by atoms with E-state index >= 15 is 0 Å². The highest BCUT2D eigenvalue weighted by molar-refractivity contribution is 6.33. The molecule has 0 saturated carbocycles. The third-order valence-electron chi connectivity index (χ3n) is 3.37. The summed E-state index contributed by atoms with van der Waals surface area (Å²) in [5.74, 6) is -0.754. The molecule has 0 radical (unpaired) electrons. The van der Waals surface area contributed by atoms with Crippen LogP contribution in [0.3, 0.4) is 0 Å². The fourth-order valence-corrected chi connectivity index (χ4v) is 2.14. The lowest BCUT2D eigenvalue weighted by Crippen LogP contribution is -2.34. The first kappa shape index (κ1) is 16.3. The molecule has 2 aromatic heterocycles. The van der Waals surface area contributed by atoms with Crippen LogP contribution < -0.4 is 5.32 Å². The van der Waals surface area contributed by atoms with Crippen LogP contribution in [0.25, 0.3) is 5.65 Å². The lowest BCUT2D eigenvalue weighted by atomic mass is 10.1. The molecule has 2 aromatic rings. The van der Waals surface area contributed by atoms with Gasteiger partial charge < -0.3 is 14.5 Å². The van der Waals surface area contributed by atoms with E-state index in [0.29, 0.717) is 10.7 Å². The SMILES string of the molecule is CC[C@H](C)C(=O)NCC(=O)OCc1cc(Cl)c2nccn2c1. The minimum atomic E-state index is -0.487. The van der Waals surface area contributed by atoms with Gasteiger partial charge in [0.15, 0.2) is 5.65 Å². The van der Waals surface area contributed by atoms with Gasteiger partial charge in [-0.25, -0.2) is 4.98 Å².